The predicted molar refractivity (Wildman–Crippen MR) is 130 cm³/mol. The van der Waals surface area contributed by atoms with E-state index in [1.807, 2.05) is 47.1 Å². The first-order valence-electron chi connectivity index (χ1n) is 11.5. The molecule has 0 fully saturated rings. The SMILES string of the molecule is COc1ncccc1-c1cc(C(=O)N2Cc3cnn(C)c3C2)cc2cc(C3=CCCNC3)[nH]c12. The van der Waals surface area contributed by atoms with E-state index in [9.17, 15) is 4.79 Å². The van der Waals surface area contributed by atoms with Crippen LogP contribution in [0.15, 0.2) is 48.8 Å². The molecule has 34 heavy (non-hydrogen) atoms. The quantitative estimate of drug-likeness (QED) is 0.493. The van der Waals surface area contributed by atoms with Crippen LogP contribution in [0.1, 0.15) is 33.7 Å². The predicted octanol–water partition coefficient (Wildman–Crippen LogP) is 3.50. The molecule has 4 aromatic rings. The highest BCUT2D eigenvalue weighted by Gasteiger charge is 2.28. The molecule has 2 aliphatic heterocycles. The summed E-state index contributed by atoms with van der Waals surface area (Å²) in [5.41, 5.74) is 7.87. The zero-order valence-electron chi connectivity index (χ0n) is 19.3. The average molecular weight is 455 g/mol. The van der Waals surface area contributed by atoms with Crippen LogP contribution in [0.5, 0.6) is 5.88 Å². The van der Waals surface area contributed by atoms with Crippen LogP contribution < -0.4 is 10.1 Å². The molecule has 2 aliphatic rings. The lowest BCUT2D eigenvalue weighted by molar-refractivity contribution is 0.0748. The van der Waals surface area contributed by atoms with Gasteiger partial charge in [0.15, 0.2) is 0 Å². The molecule has 8 nitrogen and oxygen atoms in total. The molecule has 1 amide bonds. The van der Waals surface area contributed by atoms with Crippen molar-refractivity contribution >= 4 is 22.4 Å². The largest absolute Gasteiger partial charge is 0.481 e. The third-order valence-electron chi connectivity index (χ3n) is 6.74. The van der Waals surface area contributed by atoms with Gasteiger partial charge in [0, 0.05) is 59.7 Å². The first-order chi connectivity index (χ1) is 16.6. The van der Waals surface area contributed by atoms with Gasteiger partial charge < -0.3 is 19.9 Å². The number of aromatic nitrogens is 4. The summed E-state index contributed by atoms with van der Waals surface area (Å²) in [5.74, 6) is 0.534. The Morgan fingerprint density at radius 3 is 2.88 bits per heavy atom. The van der Waals surface area contributed by atoms with Gasteiger partial charge in [0.25, 0.3) is 5.91 Å². The lowest BCUT2D eigenvalue weighted by Gasteiger charge is -2.17. The molecular formula is C26H26N6O2. The van der Waals surface area contributed by atoms with Crippen LogP contribution in [0, 0.1) is 0 Å². The van der Waals surface area contributed by atoms with Gasteiger partial charge >= 0.3 is 0 Å². The van der Waals surface area contributed by atoms with Gasteiger partial charge in [-0.25, -0.2) is 4.98 Å². The van der Waals surface area contributed by atoms with Crippen molar-refractivity contribution in [2.24, 2.45) is 7.05 Å². The van der Waals surface area contributed by atoms with E-state index in [2.05, 4.69) is 32.5 Å². The summed E-state index contributed by atoms with van der Waals surface area (Å²) >= 11 is 0. The van der Waals surface area contributed by atoms with Crippen LogP contribution >= 0.6 is 0 Å². The Kier molecular flexibility index (Phi) is 4.95. The van der Waals surface area contributed by atoms with Gasteiger partial charge in [0.2, 0.25) is 5.88 Å². The Labute approximate surface area is 197 Å². The van der Waals surface area contributed by atoms with Gasteiger partial charge in [-0.05, 0) is 48.9 Å². The van der Waals surface area contributed by atoms with Crippen LogP contribution in [0.4, 0.5) is 0 Å². The molecule has 0 radical (unpaired) electrons. The van der Waals surface area contributed by atoms with Crippen LogP contribution in [-0.2, 0) is 20.1 Å². The summed E-state index contributed by atoms with van der Waals surface area (Å²) in [4.78, 5) is 23.5. The number of methoxy groups -OCH3 is 1. The van der Waals surface area contributed by atoms with Crippen LogP contribution in [0.2, 0.25) is 0 Å². The minimum Gasteiger partial charge on any atom is -0.481 e. The summed E-state index contributed by atoms with van der Waals surface area (Å²) in [6.45, 7) is 2.95. The van der Waals surface area contributed by atoms with Crippen LogP contribution in [-0.4, -0.2) is 50.8 Å². The van der Waals surface area contributed by atoms with Gasteiger partial charge in [0.1, 0.15) is 0 Å². The summed E-state index contributed by atoms with van der Waals surface area (Å²) in [6.07, 6.45) is 6.83. The van der Waals surface area contributed by atoms with Crippen molar-refractivity contribution in [2.45, 2.75) is 19.5 Å². The number of aryl methyl sites for hydroxylation is 1. The second-order valence-electron chi connectivity index (χ2n) is 8.83. The standard InChI is InChI=1S/C26H26N6O2/c1-31-23-15-32(14-19(23)13-29-31)26(33)18-9-17-11-22(16-5-3-7-27-12-16)30-24(17)21(10-18)20-6-4-8-28-25(20)34-2/h4-6,8-11,13,27,30H,3,7,12,14-15H2,1-2H3. The Morgan fingerprint density at radius 2 is 2.09 bits per heavy atom. The second-order valence-corrected chi connectivity index (χ2v) is 8.83. The first-order valence-corrected chi connectivity index (χ1v) is 11.5. The van der Waals surface area contributed by atoms with Gasteiger partial charge in [-0.1, -0.05) is 6.08 Å². The third-order valence-corrected chi connectivity index (χ3v) is 6.74. The van der Waals surface area contributed by atoms with E-state index < -0.39 is 0 Å². The van der Waals surface area contributed by atoms with Crippen LogP contribution in [0.3, 0.4) is 0 Å². The Hall–Kier alpha value is -3.91. The summed E-state index contributed by atoms with van der Waals surface area (Å²) < 4.78 is 7.41. The lowest BCUT2D eigenvalue weighted by atomic mass is 10.00. The monoisotopic (exact) mass is 454 g/mol. The maximum atomic E-state index is 13.6. The van der Waals surface area contributed by atoms with Crippen molar-refractivity contribution in [3.63, 3.8) is 0 Å². The highest BCUT2D eigenvalue weighted by molar-refractivity contribution is 6.05. The van der Waals surface area contributed by atoms with E-state index in [-0.39, 0.29) is 5.91 Å². The second kappa shape index (κ2) is 8.14. The number of aromatic amines is 1. The molecular weight excluding hydrogens is 428 g/mol. The maximum Gasteiger partial charge on any atom is 0.254 e. The minimum absolute atomic E-state index is 0.00325. The summed E-state index contributed by atoms with van der Waals surface area (Å²) in [7, 11) is 3.54. The van der Waals surface area contributed by atoms with E-state index in [0.29, 0.717) is 24.5 Å². The van der Waals surface area contributed by atoms with E-state index in [1.165, 1.54) is 5.57 Å². The average Bonchev–Trinajstić information content (AvgIpc) is 3.59. The molecule has 3 aromatic heterocycles. The number of hydrogen-bond acceptors (Lipinski definition) is 5. The minimum atomic E-state index is 0.00325. The molecule has 0 atom stereocenters. The number of benzene rings is 1. The molecule has 0 spiro atoms. The van der Waals surface area contributed by atoms with Crippen molar-refractivity contribution in [1.29, 1.82) is 0 Å². The van der Waals surface area contributed by atoms with E-state index in [4.69, 9.17) is 4.74 Å². The number of carbonyl (C=O) groups is 1. The Morgan fingerprint density at radius 1 is 1.18 bits per heavy atom. The molecule has 2 N–H and O–H groups in total. The molecule has 0 bridgehead atoms. The summed E-state index contributed by atoms with van der Waals surface area (Å²) in [6, 6.07) is 9.95. The number of hydrogen-bond donors (Lipinski definition) is 2. The molecule has 0 saturated carbocycles. The summed E-state index contributed by atoms with van der Waals surface area (Å²) in [5, 5.41) is 8.73. The fraction of sp³-hybridized carbons (Fsp3) is 0.269. The Bertz CT molecular complexity index is 1450. The number of pyridine rings is 1. The third kappa shape index (κ3) is 3.38. The number of ether oxygens (including phenoxy) is 1. The molecule has 172 valence electrons. The normalized spacial score (nSPS) is 15.5. The molecule has 5 heterocycles. The van der Waals surface area contributed by atoms with Crippen molar-refractivity contribution in [3.05, 3.63) is 71.3 Å². The number of rotatable bonds is 4. The van der Waals surface area contributed by atoms with E-state index >= 15 is 0 Å². The number of nitrogens with zero attached hydrogens (tertiary/aromatic N) is 4. The lowest BCUT2D eigenvalue weighted by Crippen LogP contribution is -2.26. The van der Waals surface area contributed by atoms with Crippen molar-refractivity contribution < 1.29 is 9.53 Å². The number of nitrogens with one attached hydrogen (secondary N) is 2. The molecule has 8 heteroatoms. The first kappa shape index (κ1) is 20.7. The zero-order valence-corrected chi connectivity index (χ0v) is 19.3. The van der Waals surface area contributed by atoms with Gasteiger partial charge in [-0.15, -0.1) is 0 Å². The molecule has 0 saturated heterocycles. The van der Waals surface area contributed by atoms with Gasteiger partial charge in [-0.3, -0.25) is 9.48 Å². The highest BCUT2D eigenvalue weighted by atomic mass is 16.5. The van der Waals surface area contributed by atoms with Crippen LogP contribution in [0.25, 0.3) is 27.6 Å². The number of carbonyl (C=O) groups excluding carboxylic acids is 1. The topological polar surface area (TPSA) is 88.1 Å². The fourth-order valence-electron chi connectivity index (χ4n) is 4.97. The highest BCUT2D eigenvalue weighted by Crippen LogP contribution is 2.37. The Balaban J connectivity index is 1.47. The number of amides is 1. The molecule has 0 aliphatic carbocycles. The molecule has 0 unspecified atom stereocenters. The molecule has 6 rings (SSSR count). The number of fused-ring (bicyclic) bond motifs is 2. The number of H-pyrrole nitrogens is 1. The van der Waals surface area contributed by atoms with Gasteiger partial charge in [-0.2, -0.15) is 5.10 Å². The van der Waals surface area contributed by atoms with Gasteiger partial charge in [0.05, 0.1) is 31.1 Å². The van der Waals surface area contributed by atoms with E-state index in [1.54, 1.807) is 13.3 Å². The smallest absolute Gasteiger partial charge is 0.254 e. The van der Waals surface area contributed by atoms with Crippen molar-refractivity contribution in [2.75, 3.05) is 20.2 Å². The van der Waals surface area contributed by atoms with Crippen molar-refractivity contribution in [3.8, 4) is 17.0 Å². The van der Waals surface area contributed by atoms with E-state index in [0.717, 1.165) is 58.5 Å². The fourth-order valence-corrected chi connectivity index (χ4v) is 4.97. The zero-order chi connectivity index (χ0) is 23.2. The van der Waals surface area contributed by atoms with Crippen molar-refractivity contribution in [1.82, 2.24) is 30.0 Å². The molecule has 1 aromatic carbocycles. The maximum absolute atomic E-state index is 13.6.